The highest BCUT2D eigenvalue weighted by molar-refractivity contribution is 7.22. The molecular weight excluding hydrogens is 566 g/mol. The molecule has 1 unspecified atom stereocenters. The number of fused-ring (bicyclic) bond motifs is 2. The van der Waals surface area contributed by atoms with Gasteiger partial charge in [-0.3, -0.25) is 9.59 Å². The van der Waals surface area contributed by atoms with E-state index in [4.69, 9.17) is 30.5 Å². The molecule has 220 valence electrons. The predicted molar refractivity (Wildman–Crippen MR) is 156 cm³/mol. The lowest BCUT2D eigenvalue weighted by Gasteiger charge is -2.36. The van der Waals surface area contributed by atoms with Gasteiger partial charge in [-0.2, -0.15) is 0 Å². The molecule has 2 amide bonds. The summed E-state index contributed by atoms with van der Waals surface area (Å²) >= 11 is 7.56. The Bertz CT molecular complexity index is 1370. The lowest BCUT2D eigenvalue weighted by molar-refractivity contribution is -0.173. The molecule has 2 fully saturated rings. The van der Waals surface area contributed by atoms with Gasteiger partial charge in [0.2, 0.25) is 5.91 Å². The van der Waals surface area contributed by atoms with Gasteiger partial charge >= 0.3 is 0 Å². The standard InChI is InChI=1S/C30H36ClN3O6S/c1-30(2)39-17-23(40-30)29(36)34(10-12-38-26-9-5-6-11-37-26)27-21-8-4-3-7-18(21)14-22(27)33-25(35)16-20-13-19-15-24(31)41-28(19)32-20/h3-4,7-8,13,15,22-23,26-27,32H,5-6,9-12,14,16-17H2,1-2H3,(H,33,35)/t22-,23+,26?,27-/m1/s1. The molecule has 6 rings (SSSR count). The number of carbonyl (C=O) groups is 2. The number of rotatable bonds is 9. The van der Waals surface area contributed by atoms with Crippen molar-refractivity contribution in [2.75, 3.05) is 26.4 Å². The minimum absolute atomic E-state index is 0.117. The molecule has 0 spiro atoms. The van der Waals surface area contributed by atoms with E-state index in [1.165, 1.54) is 11.3 Å². The van der Waals surface area contributed by atoms with Gasteiger partial charge in [0.1, 0.15) is 4.83 Å². The molecule has 41 heavy (non-hydrogen) atoms. The number of hydrogen-bond donors (Lipinski definition) is 2. The number of amides is 2. The first-order valence-electron chi connectivity index (χ1n) is 14.3. The number of carbonyl (C=O) groups excluding carboxylic acids is 2. The fraction of sp³-hybridized carbons (Fsp3) is 0.533. The number of aromatic amines is 1. The van der Waals surface area contributed by atoms with E-state index in [1.807, 2.05) is 35.2 Å². The van der Waals surface area contributed by atoms with Gasteiger partial charge < -0.3 is 34.1 Å². The van der Waals surface area contributed by atoms with Gasteiger partial charge in [-0.15, -0.1) is 11.3 Å². The van der Waals surface area contributed by atoms with Crippen LogP contribution in [0.2, 0.25) is 4.34 Å². The number of hydrogen-bond acceptors (Lipinski definition) is 7. The second-order valence-electron chi connectivity index (χ2n) is 11.3. The highest BCUT2D eigenvalue weighted by Crippen LogP contribution is 2.38. The molecule has 2 N–H and O–H groups in total. The number of H-pyrrole nitrogens is 1. The monoisotopic (exact) mass is 601 g/mol. The van der Waals surface area contributed by atoms with Crippen molar-refractivity contribution in [3.63, 3.8) is 0 Å². The Morgan fingerprint density at radius 3 is 2.85 bits per heavy atom. The number of ether oxygens (including phenoxy) is 4. The molecular formula is C30H36ClN3O6S. The molecule has 1 aliphatic carbocycles. The van der Waals surface area contributed by atoms with Gasteiger partial charge in [-0.1, -0.05) is 35.9 Å². The van der Waals surface area contributed by atoms with E-state index in [2.05, 4.69) is 16.4 Å². The Hall–Kier alpha value is -2.47. The molecule has 2 aliphatic heterocycles. The minimum Gasteiger partial charge on any atom is -0.353 e. The molecule has 0 saturated carbocycles. The first-order chi connectivity index (χ1) is 19.8. The summed E-state index contributed by atoms with van der Waals surface area (Å²) in [7, 11) is 0. The molecule has 1 aromatic carbocycles. The van der Waals surface area contributed by atoms with Crippen molar-refractivity contribution in [1.82, 2.24) is 15.2 Å². The van der Waals surface area contributed by atoms with E-state index in [9.17, 15) is 9.59 Å². The van der Waals surface area contributed by atoms with Crippen LogP contribution < -0.4 is 5.32 Å². The first-order valence-corrected chi connectivity index (χ1v) is 15.4. The molecule has 2 aromatic heterocycles. The number of nitrogens with zero attached hydrogens (tertiary/aromatic N) is 1. The summed E-state index contributed by atoms with van der Waals surface area (Å²) in [6, 6.07) is 11.2. The molecule has 0 radical (unpaired) electrons. The number of thiophene rings is 1. The van der Waals surface area contributed by atoms with Crippen LogP contribution in [0.4, 0.5) is 0 Å². The van der Waals surface area contributed by atoms with E-state index in [0.29, 0.717) is 30.5 Å². The Morgan fingerprint density at radius 2 is 2.10 bits per heavy atom. The summed E-state index contributed by atoms with van der Waals surface area (Å²) in [6.45, 7) is 5.12. The van der Waals surface area contributed by atoms with Crippen molar-refractivity contribution in [2.45, 2.75) is 76.2 Å². The first kappa shape index (κ1) is 28.6. The summed E-state index contributed by atoms with van der Waals surface area (Å²) in [6.07, 6.45) is 2.75. The highest BCUT2D eigenvalue weighted by atomic mass is 35.5. The van der Waals surface area contributed by atoms with Crippen molar-refractivity contribution in [2.24, 2.45) is 0 Å². The van der Waals surface area contributed by atoms with Crippen LogP contribution in [-0.2, 0) is 41.4 Å². The van der Waals surface area contributed by atoms with E-state index in [0.717, 1.165) is 46.3 Å². The predicted octanol–water partition coefficient (Wildman–Crippen LogP) is 4.73. The Kier molecular flexibility index (Phi) is 8.40. The lowest BCUT2D eigenvalue weighted by Crippen LogP contribution is -2.51. The Labute approximate surface area is 248 Å². The fourth-order valence-corrected chi connectivity index (χ4v) is 7.22. The van der Waals surface area contributed by atoms with Crippen molar-refractivity contribution >= 4 is 45.0 Å². The minimum atomic E-state index is -0.840. The second-order valence-corrected chi connectivity index (χ2v) is 13.0. The topological polar surface area (TPSA) is 102 Å². The molecule has 4 atom stereocenters. The molecule has 9 nitrogen and oxygen atoms in total. The van der Waals surface area contributed by atoms with Crippen LogP contribution in [0.15, 0.2) is 36.4 Å². The van der Waals surface area contributed by atoms with E-state index >= 15 is 0 Å². The summed E-state index contributed by atoms with van der Waals surface area (Å²) in [4.78, 5) is 33.4. The molecule has 4 heterocycles. The van der Waals surface area contributed by atoms with Crippen LogP contribution in [0, 0.1) is 0 Å². The van der Waals surface area contributed by atoms with E-state index in [1.54, 1.807) is 13.8 Å². The molecule has 11 heteroatoms. The number of aromatic nitrogens is 1. The summed E-state index contributed by atoms with van der Waals surface area (Å²) < 4.78 is 24.2. The summed E-state index contributed by atoms with van der Waals surface area (Å²) in [5, 5.41) is 4.24. The maximum Gasteiger partial charge on any atom is 0.254 e. The van der Waals surface area contributed by atoms with Crippen LogP contribution in [-0.4, -0.2) is 72.3 Å². The van der Waals surface area contributed by atoms with Gasteiger partial charge in [0.15, 0.2) is 18.2 Å². The van der Waals surface area contributed by atoms with Gasteiger partial charge in [0, 0.05) is 24.2 Å². The highest BCUT2D eigenvalue weighted by Gasteiger charge is 2.45. The largest absolute Gasteiger partial charge is 0.353 e. The summed E-state index contributed by atoms with van der Waals surface area (Å²) in [5.74, 6) is -1.13. The Balaban J connectivity index is 1.22. The quantitative estimate of drug-likeness (QED) is 0.368. The lowest BCUT2D eigenvalue weighted by atomic mass is 10.0. The van der Waals surface area contributed by atoms with Gasteiger partial charge in [-0.25, -0.2) is 0 Å². The van der Waals surface area contributed by atoms with E-state index in [-0.39, 0.29) is 43.2 Å². The zero-order valence-corrected chi connectivity index (χ0v) is 24.9. The second kappa shape index (κ2) is 12.0. The van der Waals surface area contributed by atoms with Gasteiger partial charge in [0.25, 0.3) is 5.91 Å². The van der Waals surface area contributed by atoms with E-state index < -0.39 is 11.9 Å². The number of nitrogens with one attached hydrogen (secondary N) is 2. The van der Waals surface area contributed by atoms with Crippen LogP contribution in [0.5, 0.6) is 0 Å². The van der Waals surface area contributed by atoms with Crippen LogP contribution in [0.1, 0.15) is 56.0 Å². The third kappa shape index (κ3) is 6.48. The average molecular weight is 602 g/mol. The SMILES string of the molecule is CC1(C)OC[C@@H](C(=O)N(CCOC2CCCCO2)[C@@H]2c3ccccc3C[C@H]2NC(=O)Cc2cc3cc(Cl)sc3[nH]2)O1. The van der Waals surface area contributed by atoms with Gasteiger partial charge in [0.05, 0.1) is 36.1 Å². The zero-order chi connectivity index (χ0) is 28.6. The van der Waals surface area contributed by atoms with Crippen LogP contribution in [0.25, 0.3) is 10.2 Å². The fourth-order valence-electron chi connectivity index (χ4n) is 6.07. The van der Waals surface area contributed by atoms with Gasteiger partial charge in [-0.05, 0) is 62.8 Å². The molecule has 2 saturated heterocycles. The van der Waals surface area contributed by atoms with Crippen molar-refractivity contribution in [1.29, 1.82) is 0 Å². The van der Waals surface area contributed by atoms with Crippen LogP contribution >= 0.6 is 22.9 Å². The molecule has 3 aliphatic rings. The third-order valence-corrected chi connectivity index (χ3v) is 9.10. The third-order valence-electron chi connectivity index (χ3n) is 7.90. The Morgan fingerprint density at radius 1 is 1.24 bits per heavy atom. The maximum absolute atomic E-state index is 14.0. The zero-order valence-electron chi connectivity index (χ0n) is 23.3. The number of halogens is 1. The summed E-state index contributed by atoms with van der Waals surface area (Å²) in [5.41, 5.74) is 2.95. The maximum atomic E-state index is 14.0. The van der Waals surface area contributed by atoms with Crippen molar-refractivity contribution in [3.05, 3.63) is 57.6 Å². The van der Waals surface area contributed by atoms with Crippen LogP contribution in [0.3, 0.4) is 0 Å². The number of benzene rings is 1. The van der Waals surface area contributed by atoms with Crippen molar-refractivity contribution < 1.29 is 28.5 Å². The molecule has 0 bridgehead atoms. The van der Waals surface area contributed by atoms with Crippen molar-refractivity contribution in [3.8, 4) is 0 Å². The smallest absolute Gasteiger partial charge is 0.254 e. The normalized spacial score (nSPS) is 25.3. The average Bonchev–Trinajstić information content (AvgIpc) is 3.68. The molecule has 3 aromatic rings.